The second-order valence-electron chi connectivity index (χ2n) is 5.14. The maximum atomic E-state index is 12.4. The molecule has 116 valence electrons. The van der Waals surface area contributed by atoms with Gasteiger partial charge in [-0.15, -0.1) is 0 Å². The molecule has 0 heterocycles. The molecular formula is C17H14ClN3O2. The molecular weight excluding hydrogens is 314 g/mol. The summed E-state index contributed by atoms with van der Waals surface area (Å²) in [4.78, 5) is 24.3. The largest absolute Gasteiger partial charge is 0.367 e. The number of nitrogens with two attached hydrogens (primary N) is 1. The maximum Gasteiger partial charge on any atom is 0.252 e. The third-order valence-electron chi connectivity index (χ3n) is 3.53. The van der Waals surface area contributed by atoms with E-state index in [2.05, 4.69) is 5.32 Å². The van der Waals surface area contributed by atoms with Gasteiger partial charge >= 0.3 is 0 Å². The van der Waals surface area contributed by atoms with Crippen LogP contribution >= 0.6 is 11.6 Å². The van der Waals surface area contributed by atoms with Gasteiger partial charge in [0.25, 0.3) is 5.91 Å². The lowest BCUT2D eigenvalue weighted by Gasteiger charge is -2.28. The Bertz CT molecular complexity index is 796. The Hall–Kier alpha value is -2.84. The number of primary amides is 1. The lowest BCUT2D eigenvalue weighted by atomic mass is 9.90. The molecule has 0 radical (unpaired) electrons. The van der Waals surface area contributed by atoms with Crippen LogP contribution in [0.1, 0.15) is 28.4 Å². The summed E-state index contributed by atoms with van der Waals surface area (Å²) in [5.41, 5.74) is 5.32. The minimum Gasteiger partial charge on any atom is -0.367 e. The van der Waals surface area contributed by atoms with Crippen molar-refractivity contribution < 1.29 is 9.59 Å². The van der Waals surface area contributed by atoms with E-state index in [9.17, 15) is 9.59 Å². The highest BCUT2D eigenvalue weighted by Gasteiger charge is 2.35. The Kier molecular flexibility index (Phi) is 4.68. The molecule has 1 atom stereocenters. The molecule has 0 saturated carbocycles. The van der Waals surface area contributed by atoms with Crippen LogP contribution in [0, 0.1) is 11.3 Å². The highest BCUT2D eigenvalue weighted by atomic mass is 35.5. The standard InChI is InChI=1S/C17H14ClN3O2/c1-17(16(20)23,13-3-2-4-14(18)9-13)21-15(22)12-7-5-11(10-19)6-8-12/h2-9H,1H3,(H2,20,23)(H,21,22). The van der Waals surface area contributed by atoms with E-state index in [0.717, 1.165) is 0 Å². The number of hydrogen-bond donors (Lipinski definition) is 2. The van der Waals surface area contributed by atoms with E-state index >= 15 is 0 Å². The average Bonchev–Trinajstić information content (AvgIpc) is 2.54. The molecule has 23 heavy (non-hydrogen) atoms. The van der Waals surface area contributed by atoms with Crippen molar-refractivity contribution in [1.82, 2.24) is 5.32 Å². The fourth-order valence-corrected chi connectivity index (χ4v) is 2.26. The van der Waals surface area contributed by atoms with Crippen molar-refractivity contribution in [3.8, 4) is 6.07 Å². The first-order chi connectivity index (χ1) is 10.9. The molecule has 1 unspecified atom stereocenters. The first-order valence-corrected chi connectivity index (χ1v) is 7.13. The molecule has 2 aromatic carbocycles. The number of halogens is 1. The summed E-state index contributed by atoms with van der Waals surface area (Å²) in [5.74, 6) is -1.18. The molecule has 0 aliphatic rings. The van der Waals surface area contributed by atoms with E-state index in [1.54, 1.807) is 24.3 Å². The number of nitrogens with zero attached hydrogens (tertiary/aromatic N) is 1. The van der Waals surface area contributed by atoms with Gasteiger partial charge in [0.15, 0.2) is 0 Å². The van der Waals surface area contributed by atoms with E-state index in [1.165, 1.54) is 31.2 Å². The van der Waals surface area contributed by atoms with Gasteiger partial charge in [0.1, 0.15) is 5.54 Å². The predicted molar refractivity (Wildman–Crippen MR) is 86.6 cm³/mol. The summed E-state index contributed by atoms with van der Waals surface area (Å²) in [6.45, 7) is 1.52. The highest BCUT2D eigenvalue weighted by molar-refractivity contribution is 6.30. The summed E-state index contributed by atoms with van der Waals surface area (Å²) in [5, 5.41) is 11.8. The second kappa shape index (κ2) is 6.51. The van der Waals surface area contributed by atoms with Crippen molar-refractivity contribution >= 4 is 23.4 Å². The van der Waals surface area contributed by atoms with Crippen molar-refractivity contribution in [2.75, 3.05) is 0 Å². The summed E-state index contributed by atoms with van der Waals surface area (Å²) < 4.78 is 0. The summed E-state index contributed by atoms with van der Waals surface area (Å²) in [6.07, 6.45) is 0. The van der Waals surface area contributed by atoms with Crippen LogP contribution in [0.15, 0.2) is 48.5 Å². The van der Waals surface area contributed by atoms with Crippen LogP contribution < -0.4 is 11.1 Å². The number of nitrogens with one attached hydrogen (secondary N) is 1. The molecule has 0 spiro atoms. The molecule has 0 aliphatic heterocycles. The van der Waals surface area contributed by atoms with Gasteiger partial charge in [-0.1, -0.05) is 23.7 Å². The monoisotopic (exact) mass is 327 g/mol. The van der Waals surface area contributed by atoms with Crippen molar-refractivity contribution in [2.24, 2.45) is 5.73 Å². The highest BCUT2D eigenvalue weighted by Crippen LogP contribution is 2.24. The van der Waals surface area contributed by atoms with Crippen LogP contribution in [-0.4, -0.2) is 11.8 Å². The minimum absolute atomic E-state index is 0.318. The molecule has 6 heteroatoms. The lowest BCUT2D eigenvalue weighted by Crippen LogP contribution is -2.52. The maximum absolute atomic E-state index is 12.4. The summed E-state index contributed by atoms with van der Waals surface area (Å²) >= 11 is 5.95. The van der Waals surface area contributed by atoms with E-state index in [0.29, 0.717) is 21.7 Å². The smallest absolute Gasteiger partial charge is 0.252 e. The topological polar surface area (TPSA) is 96.0 Å². The molecule has 2 aromatic rings. The number of rotatable bonds is 4. The minimum atomic E-state index is -1.41. The number of carbonyl (C=O) groups is 2. The van der Waals surface area contributed by atoms with E-state index < -0.39 is 17.4 Å². The third-order valence-corrected chi connectivity index (χ3v) is 3.77. The fraction of sp³-hybridized carbons (Fsp3) is 0.118. The number of benzene rings is 2. The fourth-order valence-electron chi connectivity index (χ4n) is 2.07. The van der Waals surface area contributed by atoms with Crippen LogP contribution in [0.3, 0.4) is 0 Å². The molecule has 0 aromatic heterocycles. The van der Waals surface area contributed by atoms with E-state index in [-0.39, 0.29) is 0 Å². The van der Waals surface area contributed by atoms with Gasteiger partial charge in [0.05, 0.1) is 11.6 Å². The molecule has 0 fully saturated rings. The van der Waals surface area contributed by atoms with Crippen molar-refractivity contribution in [1.29, 1.82) is 5.26 Å². The van der Waals surface area contributed by atoms with Crippen molar-refractivity contribution in [2.45, 2.75) is 12.5 Å². The normalized spacial score (nSPS) is 12.7. The van der Waals surface area contributed by atoms with Crippen LogP contribution in [0.5, 0.6) is 0 Å². The second-order valence-corrected chi connectivity index (χ2v) is 5.58. The van der Waals surface area contributed by atoms with Gasteiger partial charge in [0.2, 0.25) is 5.91 Å². The quantitative estimate of drug-likeness (QED) is 0.902. The van der Waals surface area contributed by atoms with Gasteiger partial charge in [-0.25, -0.2) is 0 Å². The molecule has 0 bridgehead atoms. The SMILES string of the molecule is CC(NC(=O)c1ccc(C#N)cc1)(C(N)=O)c1cccc(Cl)c1. The van der Waals surface area contributed by atoms with Gasteiger partial charge < -0.3 is 11.1 Å². The molecule has 3 N–H and O–H groups in total. The molecule has 2 amide bonds. The molecule has 2 rings (SSSR count). The number of carbonyl (C=O) groups excluding carboxylic acids is 2. The van der Waals surface area contributed by atoms with Crippen molar-refractivity contribution in [3.05, 3.63) is 70.2 Å². The Labute approximate surface area is 138 Å². The first-order valence-electron chi connectivity index (χ1n) is 6.75. The summed E-state index contributed by atoms with van der Waals surface area (Å²) in [6, 6.07) is 14.6. The average molecular weight is 328 g/mol. The van der Waals surface area contributed by atoms with Crippen molar-refractivity contribution in [3.63, 3.8) is 0 Å². The summed E-state index contributed by atoms with van der Waals surface area (Å²) in [7, 11) is 0. The number of amides is 2. The molecule has 0 saturated heterocycles. The van der Waals surface area contributed by atoms with E-state index in [1.807, 2.05) is 6.07 Å². The Morgan fingerprint density at radius 3 is 2.39 bits per heavy atom. The van der Waals surface area contributed by atoms with Gasteiger partial charge in [0, 0.05) is 10.6 Å². The third kappa shape index (κ3) is 3.50. The molecule has 0 aliphatic carbocycles. The van der Waals surface area contributed by atoms with Crippen LogP contribution in [0.4, 0.5) is 0 Å². The van der Waals surface area contributed by atoms with E-state index in [4.69, 9.17) is 22.6 Å². The Morgan fingerprint density at radius 1 is 1.22 bits per heavy atom. The first kappa shape index (κ1) is 16.5. The Morgan fingerprint density at radius 2 is 1.87 bits per heavy atom. The van der Waals surface area contributed by atoms with Gasteiger partial charge in [-0.3, -0.25) is 9.59 Å². The number of nitriles is 1. The lowest BCUT2D eigenvalue weighted by molar-refractivity contribution is -0.123. The van der Waals surface area contributed by atoms with Crippen LogP contribution in [0.2, 0.25) is 5.02 Å². The zero-order valence-electron chi connectivity index (χ0n) is 12.3. The zero-order chi connectivity index (χ0) is 17.0. The van der Waals surface area contributed by atoms with Crippen LogP contribution in [-0.2, 0) is 10.3 Å². The predicted octanol–water partition coefficient (Wildman–Crippen LogP) is 2.34. The van der Waals surface area contributed by atoms with Crippen LogP contribution in [0.25, 0.3) is 0 Å². The zero-order valence-corrected chi connectivity index (χ0v) is 13.1. The van der Waals surface area contributed by atoms with Gasteiger partial charge in [-0.05, 0) is 48.9 Å². The Balaban J connectivity index is 2.33. The van der Waals surface area contributed by atoms with Gasteiger partial charge in [-0.2, -0.15) is 5.26 Å². The number of hydrogen-bond acceptors (Lipinski definition) is 3. The molecule has 5 nitrogen and oxygen atoms in total.